The Hall–Kier alpha value is -2.03. The number of aliphatic hydroxyl groups is 1. The van der Waals surface area contributed by atoms with Crippen molar-refractivity contribution in [2.24, 2.45) is 0 Å². The minimum Gasteiger partial charge on any atom is -0.493 e. The van der Waals surface area contributed by atoms with Crippen LogP contribution in [0.4, 0.5) is 4.79 Å². The lowest BCUT2D eigenvalue weighted by Crippen LogP contribution is -2.40. The molecule has 1 atom stereocenters. The Balaban J connectivity index is 1.40. The summed E-state index contributed by atoms with van der Waals surface area (Å²) in [5, 5.41) is 16.6. The van der Waals surface area contributed by atoms with Crippen LogP contribution in [0.25, 0.3) is 0 Å². The van der Waals surface area contributed by atoms with Gasteiger partial charge in [-0.3, -0.25) is 0 Å². The summed E-state index contributed by atoms with van der Waals surface area (Å²) in [6.07, 6.45) is 5.80. The Morgan fingerprint density at radius 3 is 2.81 bits per heavy atom. The van der Waals surface area contributed by atoms with Gasteiger partial charge >= 0.3 is 6.03 Å². The summed E-state index contributed by atoms with van der Waals surface area (Å²) in [6, 6.07) is 6.42. The highest BCUT2D eigenvalue weighted by molar-refractivity contribution is 5.76. The van der Waals surface area contributed by atoms with Gasteiger partial charge in [0.2, 0.25) is 0 Å². The Morgan fingerprint density at radius 1 is 1.29 bits per heavy atom. The lowest BCUT2D eigenvalue weighted by Gasteiger charge is -2.32. The predicted molar refractivity (Wildman–Crippen MR) is 121 cm³/mol. The van der Waals surface area contributed by atoms with Crippen LogP contribution in [0.5, 0.6) is 11.5 Å². The lowest BCUT2D eigenvalue weighted by atomic mass is 9.94. The van der Waals surface area contributed by atoms with Crippen molar-refractivity contribution in [2.45, 2.75) is 50.8 Å². The number of urea groups is 1. The Kier molecular flexibility index (Phi) is 9.24. The molecule has 31 heavy (non-hydrogen) atoms. The molecule has 1 aromatic rings. The van der Waals surface area contributed by atoms with E-state index in [0.717, 1.165) is 25.2 Å². The second-order valence-electron chi connectivity index (χ2n) is 8.58. The van der Waals surface area contributed by atoms with E-state index in [0.29, 0.717) is 37.2 Å². The lowest BCUT2D eigenvalue weighted by molar-refractivity contribution is 0.0553. The summed E-state index contributed by atoms with van der Waals surface area (Å²) in [7, 11) is 3.72. The van der Waals surface area contributed by atoms with E-state index in [1.54, 1.807) is 7.11 Å². The predicted octanol–water partition coefficient (Wildman–Crippen LogP) is 1.81. The smallest absolute Gasteiger partial charge is 0.317 e. The van der Waals surface area contributed by atoms with Crippen molar-refractivity contribution < 1.29 is 19.4 Å². The molecule has 3 N–H and O–H groups in total. The number of likely N-dealkylation sites (N-methyl/N-ethyl adjacent to an activating group) is 1. The van der Waals surface area contributed by atoms with Gasteiger partial charge < -0.3 is 35.0 Å². The largest absolute Gasteiger partial charge is 0.493 e. The van der Waals surface area contributed by atoms with Gasteiger partial charge in [-0.1, -0.05) is 25.3 Å². The monoisotopic (exact) mass is 434 g/mol. The number of hydrogen-bond donors (Lipinski definition) is 3. The van der Waals surface area contributed by atoms with Crippen LogP contribution < -0.4 is 20.1 Å². The van der Waals surface area contributed by atoms with Gasteiger partial charge in [0.25, 0.3) is 0 Å². The summed E-state index contributed by atoms with van der Waals surface area (Å²) in [4.78, 5) is 15.6. The third kappa shape index (κ3) is 7.26. The number of rotatable bonds is 12. The van der Waals surface area contributed by atoms with Gasteiger partial charge in [0.05, 0.1) is 7.11 Å². The van der Waals surface area contributed by atoms with Crippen molar-refractivity contribution in [2.75, 3.05) is 53.5 Å². The number of hydrogen-bond acceptors (Lipinski definition) is 6. The van der Waals surface area contributed by atoms with Gasteiger partial charge in [-0.05, 0) is 37.6 Å². The molecule has 0 unspecified atom stereocenters. The van der Waals surface area contributed by atoms with E-state index in [1.165, 1.54) is 32.1 Å². The molecule has 0 radical (unpaired) electrons. The van der Waals surface area contributed by atoms with Gasteiger partial charge in [-0.15, -0.1) is 0 Å². The number of amides is 2. The second-order valence-corrected chi connectivity index (χ2v) is 8.58. The minimum atomic E-state index is -0.541. The molecule has 1 saturated carbocycles. The average molecular weight is 435 g/mol. The van der Waals surface area contributed by atoms with Crippen molar-refractivity contribution >= 4 is 6.03 Å². The molecule has 1 aliphatic heterocycles. The van der Waals surface area contributed by atoms with Gasteiger partial charge in [0, 0.05) is 45.3 Å². The third-order valence-corrected chi connectivity index (χ3v) is 6.19. The summed E-state index contributed by atoms with van der Waals surface area (Å²) < 4.78 is 11.4. The maximum absolute atomic E-state index is 11.5. The molecular formula is C23H38N4O4. The quantitative estimate of drug-likeness (QED) is 0.435. The van der Waals surface area contributed by atoms with E-state index in [-0.39, 0.29) is 12.6 Å². The van der Waals surface area contributed by atoms with E-state index in [1.807, 2.05) is 23.1 Å². The SMILES string of the molecule is COc1cc(CNCCN2CCNC2=O)ccc1OC[C@@H](O)CN(C)C1CCCCC1. The van der Waals surface area contributed by atoms with Crippen LogP contribution in [0, 0.1) is 0 Å². The molecule has 2 aliphatic rings. The van der Waals surface area contributed by atoms with Crippen molar-refractivity contribution in [3.05, 3.63) is 23.8 Å². The summed E-state index contributed by atoms with van der Waals surface area (Å²) in [5.74, 6) is 1.30. The first-order chi connectivity index (χ1) is 15.1. The maximum atomic E-state index is 11.5. The molecule has 8 heteroatoms. The number of nitrogens with one attached hydrogen (secondary N) is 2. The van der Waals surface area contributed by atoms with Crippen LogP contribution in [-0.4, -0.2) is 86.6 Å². The first-order valence-electron chi connectivity index (χ1n) is 11.5. The fourth-order valence-corrected chi connectivity index (χ4v) is 4.35. The van der Waals surface area contributed by atoms with Gasteiger partial charge in [-0.2, -0.15) is 0 Å². The van der Waals surface area contributed by atoms with E-state index >= 15 is 0 Å². The number of carbonyl (C=O) groups is 1. The van der Waals surface area contributed by atoms with Gasteiger partial charge in [0.15, 0.2) is 11.5 Å². The molecule has 2 amide bonds. The highest BCUT2D eigenvalue weighted by Crippen LogP contribution is 2.28. The zero-order chi connectivity index (χ0) is 22.1. The number of aliphatic hydroxyl groups excluding tert-OH is 1. The normalized spacial score (nSPS) is 18.3. The summed E-state index contributed by atoms with van der Waals surface area (Å²) >= 11 is 0. The Bertz CT molecular complexity index is 696. The Labute approximate surface area is 185 Å². The molecule has 0 spiro atoms. The van der Waals surface area contributed by atoms with Crippen LogP contribution in [0.3, 0.4) is 0 Å². The van der Waals surface area contributed by atoms with E-state index in [2.05, 4.69) is 22.6 Å². The molecule has 0 aromatic heterocycles. The summed E-state index contributed by atoms with van der Waals surface area (Å²) in [6.45, 7) is 4.45. The Morgan fingerprint density at radius 2 is 2.10 bits per heavy atom. The highest BCUT2D eigenvalue weighted by Gasteiger charge is 2.21. The molecule has 1 aliphatic carbocycles. The average Bonchev–Trinajstić information content (AvgIpc) is 3.20. The topological polar surface area (TPSA) is 86.3 Å². The number of benzene rings is 1. The zero-order valence-corrected chi connectivity index (χ0v) is 18.9. The molecular weight excluding hydrogens is 396 g/mol. The number of carbonyl (C=O) groups excluding carboxylic acids is 1. The number of methoxy groups -OCH3 is 1. The maximum Gasteiger partial charge on any atom is 0.317 e. The van der Waals surface area contributed by atoms with Crippen molar-refractivity contribution in [1.82, 2.24) is 20.4 Å². The minimum absolute atomic E-state index is 0.0112. The van der Waals surface area contributed by atoms with Crippen LogP contribution in [-0.2, 0) is 6.54 Å². The fraction of sp³-hybridized carbons (Fsp3) is 0.696. The molecule has 1 aromatic carbocycles. The fourth-order valence-electron chi connectivity index (χ4n) is 4.35. The second kappa shape index (κ2) is 12.1. The summed E-state index contributed by atoms with van der Waals surface area (Å²) in [5.41, 5.74) is 1.08. The van der Waals surface area contributed by atoms with Crippen molar-refractivity contribution in [3.8, 4) is 11.5 Å². The van der Waals surface area contributed by atoms with E-state index < -0.39 is 6.10 Å². The molecule has 3 rings (SSSR count). The third-order valence-electron chi connectivity index (χ3n) is 6.19. The molecule has 174 valence electrons. The van der Waals surface area contributed by atoms with Gasteiger partial charge in [0.1, 0.15) is 12.7 Å². The molecule has 0 bridgehead atoms. The van der Waals surface area contributed by atoms with Crippen LogP contribution >= 0.6 is 0 Å². The zero-order valence-electron chi connectivity index (χ0n) is 18.9. The van der Waals surface area contributed by atoms with Crippen LogP contribution in [0.1, 0.15) is 37.7 Å². The van der Waals surface area contributed by atoms with Gasteiger partial charge in [-0.25, -0.2) is 4.79 Å². The molecule has 2 fully saturated rings. The standard InChI is InChI=1S/C23H38N4O4/c1-26(19-6-4-3-5-7-19)16-20(28)17-31-21-9-8-18(14-22(21)30-2)15-24-10-12-27-13-11-25-23(27)29/h8-9,14,19-20,24,28H,3-7,10-13,15-17H2,1-2H3,(H,25,29)/t20-/m0/s1. The first-order valence-corrected chi connectivity index (χ1v) is 11.5. The number of ether oxygens (including phenoxy) is 2. The first kappa shape index (κ1) is 23.6. The van der Waals surface area contributed by atoms with Crippen molar-refractivity contribution in [1.29, 1.82) is 0 Å². The molecule has 1 heterocycles. The molecule has 1 saturated heterocycles. The highest BCUT2D eigenvalue weighted by atomic mass is 16.5. The van der Waals surface area contributed by atoms with E-state index in [4.69, 9.17) is 9.47 Å². The van der Waals surface area contributed by atoms with E-state index in [9.17, 15) is 9.90 Å². The van der Waals surface area contributed by atoms with Crippen LogP contribution in [0.15, 0.2) is 18.2 Å². The number of nitrogens with zero attached hydrogens (tertiary/aromatic N) is 2. The van der Waals surface area contributed by atoms with Crippen LogP contribution in [0.2, 0.25) is 0 Å². The molecule has 8 nitrogen and oxygen atoms in total. The van der Waals surface area contributed by atoms with Crippen molar-refractivity contribution in [3.63, 3.8) is 0 Å².